The largest absolute Gasteiger partial charge is 0.406 e. The van der Waals surface area contributed by atoms with Crippen molar-refractivity contribution in [2.45, 2.75) is 20.3 Å². The molecule has 0 atom stereocenters. The van der Waals surface area contributed by atoms with E-state index in [1.165, 1.54) is 18.3 Å². The lowest BCUT2D eigenvalue weighted by atomic mass is 10.4. The number of carbonyl (C=O) groups excluding carboxylic acids is 1. The van der Waals surface area contributed by atoms with Crippen LogP contribution in [0.2, 0.25) is 0 Å². The molecular weight excluding hydrogens is 176 g/mol. The van der Waals surface area contributed by atoms with Gasteiger partial charge in [0.05, 0.1) is 4.88 Å². The Morgan fingerprint density at radius 2 is 2.42 bits per heavy atom. The zero-order chi connectivity index (χ0) is 9.14. The van der Waals surface area contributed by atoms with Crippen molar-refractivity contribution in [2.75, 3.05) is 5.73 Å². The number of ether oxygens (including phenoxy) is 1. The standard InChI is InChI=1S/C7H10N2O2S/c1-3-5-6(11-4(2)10)9-7(8)12-5/h3H2,1-2H3,(H2,8,9). The van der Waals surface area contributed by atoms with E-state index < -0.39 is 0 Å². The molecule has 0 saturated carbocycles. The molecule has 1 heterocycles. The number of anilines is 1. The molecule has 12 heavy (non-hydrogen) atoms. The Balaban J connectivity index is 2.89. The van der Waals surface area contributed by atoms with Crippen molar-refractivity contribution in [3.8, 4) is 5.88 Å². The van der Waals surface area contributed by atoms with E-state index in [0.717, 1.165) is 11.3 Å². The topological polar surface area (TPSA) is 65.2 Å². The number of nitrogens with zero attached hydrogens (tertiary/aromatic N) is 1. The van der Waals surface area contributed by atoms with Crippen molar-refractivity contribution in [3.63, 3.8) is 0 Å². The van der Waals surface area contributed by atoms with E-state index in [0.29, 0.717) is 11.0 Å². The summed E-state index contributed by atoms with van der Waals surface area (Å²) in [5.41, 5.74) is 5.45. The molecule has 4 nitrogen and oxygen atoms in total. The van der Waals surface area contributed by atoms with Gasteiger partial charge in [0.15, 0.2) is 5.13 Å². The van der Waals surface area contributed by atoms with E-state index >= 15 is 0 Å². The minimum absolute atomic E-state index is 0.354. The van der Waals surface area contributed by atoms with Crippen molar-refractivity contribution in [2.24, 2.45) is 0 Å². The van der Waals surface area contributed by atoms with Crippen molar-refractivity contribution in [1.29, 1.82) is 0 Å². The first-order valence-corrected chi connectivity index (χ1v) is 4.38. The number of aromatic nitrogens is 1. The van der Waals surface area contributed by atoms with E-state index in [4.69, 9.17) is 10.5 Å². The number of nitrogens with two attached hydrogens (primary N) is 1. The highest BCUT2D eigenvalue weighted by Crippen LogP contribution is 2.27. The molecule has 0 amide bonds. The van der Waals surface area contributed by atoms with Crippen molar-refractivity contribution in [3.05, 3.63) is 4.88 Å². The Bertz CT molecular complexity index is 296. The highest BCUT2D eigenvalue weighted by Gasteiger charge is 2.10. The number of hydrogen-bond donors (Lipinski definition) is 1. The first kappa shape index (κ1) is 8.99. The summed E-state index contributed by atoms with van der Waals surface area (Å²) in [7, 11) is 0. The number of nitrogen functional groups attached to an aromatic ring is 1. The van der Waals surface area contributed by atoms with Crippen LogP contribution in [0.3, 0.4) is 0 Å². The lowest BCUT2D eigenvalue weighted by molar-refractivity contribution is -0.132. The highest BCUT2D eigenvalue weighted by molar-refractivity contribution is 7.15. The molecule has 0 spiro atoms. The van der Waals surface area contributed by atoms with Crippen molar-refractivity contribution >= 4 is 22.4 Å². The fraction of sp³-hybridized carbons (Fsp3) is 0.429. The Morgan fingerprint density at radius 1 is 1.75 bits per heavy atom. The molecule has 0 aliphatic rings. The molecule has 5 heteroatoms. The summed E-state index contributed by atoms with van der Waals surface area (Å²) in [5, 5.41) is 0.433. The first-order chi connectivity index (χ1) is 5.63. The number of thiazole rings is 1. The van der Waals surface area contributed by atoms with E-state index in [1.54, 1.807) is 0 Å². The average Bonchev–Trinajstić information content (AvgIpc) is 2.29. The van der Waals surface area contributed by atoms with E-state index in [1.807, 2.05) is 6.92 Å². The summed E-state index contributed by atoms with van der Waals surface area (Å²) in [5.74, 6) is -0.0116. The molecule has 0 aliphatic heterocycles. The maximum atomic E-state index is 10.6. The van der Waals surface area contributed by atoms with Gasteiger partial charge in [0.2, 0.25) is 5.88 Å². The highest BCUT2D eigenvalue weighted by atomic mass is 32.1. The molecule has 0 fully saturated rings. The zero-order valence-electron chi connectivity index (χ0n) is 6.96. The molecule has 0 saturated heterocycles. The van der Waals surface area contributed by atoms with Gasteiger partial charge in [-0.05, 0) is 6.42 Å². The Kier molecular flexibility index (Phi) is 2.65. The number of carbonyl (C=O) groups is 1. The summed E-state index contributed by atoms with van der Waals surface area (Å²) < 4.78 is 4.84. The summed E-state index contributed by atoms with van der Waals surface area (Å²) in [6.45, 7) is 3.30. The first-order valence-electron chi connectivity index (χ1n) is 3.57. The molecule has 0 unspecified atom stereocenters. The fourth-order valence-electron chi connectivity index (χ4n) is 0.794. The SMILES string of the molecule is CCc1sc(N)nc1OC(C)=O. The van der Waals surface area contributed by atoms with E-state index in [2.05, 4.69) is 4.98 Å². The van der Waals surface area contributed by atoms with Gasteiger partial charge in [-0.15, -0.1) is 0 Å². The van der Waals surface area contributed by atoms with Crippen molar-refractivity contribution < 1.29 is 9.53 Å². The fourth-order valence-corrected chi connectivity index (χ4v) is 1.49. The minimum Gasteiger partial charge on any atom is -0.406 e. The third-order valence-electron chi connectivity index (χ3n) is 1.24. The maximum Gasteiger partial charge on any atom is 0.309 e. The quantitative estimate of drug-likeness (QED) is 0.705. The molecule has 2 N–H and O–H groups in total. The van der Waals surface area contributed by atoms with E-state index in [9.17, 15) is 4.79 Å². The van der Waals surface area contributed by atoms with Gasteiger partial charge in [0.25, 0.3) is 0 Å². The maximum absolute atomic E-state index is 10.6. The van der Waals surface area contributed by atoms with Crippen LogP contribution in [0.25, 0.3) is 0 Å². The van der Waals surface area contributed by atoms with Crippen LogP contribution in [-0.4, -0.2) is 11.0 Å². The molecule has 1 rings (SSSR count). The molecular formula is C7H10N2O2S. The summed E-state index contributed by atoms with van der Waals surface area (Å²) in [6.07, 6.45) is 0.775. The number of aryl methyl sites for hydroxylation is 1. The second-order valence-electron chi connectivity index (χ2n) is 2.23. The van der Waals surface area contributed by atoms with Gasteiger partial charge in [-0.2, -0.15) is 4.98 Å². The van der Waals surface area contributed by atoms with Crippen LogP contribution < -0.4 is 10.5 Å². The number of hydrogen-bond acceptors (Lipinski definition) is 5. The van der Waals surface area contributed by atoms with Crippen LogP contribution in [0.4, 0.5) is 5.13 Å². The average molecular weight is 186 g/mol. The van der Waals surface area contributed by atoms with E-state index in [-0.39, 0.29) is 5.97 Å². The third-order valence-corrected chi connectivity index (χ3v) is 2.25. The van der Waals surface area contributed by atoms with Gasteiger partial charge < -0.3 is 10.5 Å². The summed E-state index contributed by atoms with van der Waals surface area (Å²) in [4.78, 5) is 15.4. The van der Waals surface area contributed by atoms with Gasteiger partial charge >= 0.3 is 5.97 Å². The van der Waals surface area contributed by atoms with Gasteiger partial charge in [-0.3, -0.25) is 4.79 Å². The van der Waals surface area contributed by atoms with Crippen LogP contribution >= 0.6 is 11.3 Å². The summed E-state index contributed by atoms with van der Waals surface area (Å²) >= 11 is 1.35. The summed E-state index contributed by atoms with van der Waals surface area (Å²) in [6, 6.07) is 0. The molecule has 1 aromatic heterocycles. The van der Waals surface area contributed by atoms with Crippen LogP contribution in [0, 0.1) is 0 Å². The van der Waals surface area contributed by atoms with Crippen LogP contribution in [0.5, 0.6) is 5.88 Å². The van der Waals surface area contributed by atoms with Crippen LogP contribution in [0.15, 0.2) is 0 Å². The van der Waals surface area contributed by atoms with Gasteiger partial charge in [-0.25, -0.2) is 0 Å². The Labute approximate surface area is 74.4 Å². The predicted molar refractivity (Wildman–Crippen MR) is 47.2 cm³/mol. The number of esters is 1. The predicted octanol–water partition coefficient (Wildman–Crippen LogP) is 1.21. The molecule has 66 valence electrons. The Morgan fingerprint density at radius 3 is 2.92 bits per heavy atom. The normalized spacial score (nSPS) is 9.83. The zero-order valence-corrected chi connectivity index (χ0v) is 7.77. The van der Waals surface area contributed by atoms with Crippen LogP contribution in [-0.2, 0) is 11.2 Å². The van der Waals surface area contributed by atoms with Crippen LogP contribution in [0.1, 0.15) is 18.7 Å². The second kappa shape index (κ2) is 3.53. The van der Waals surface area contributed by atoms with Gasteiger partial charge in [0, 0.05) is 6.92 Å². The third kappa shape index (κ3) is 1.94. The molecule has 0 bridgehead atoms. The monoisotopic (exact) mass is 186 g/mol. The molecule has 1 aromatic rings. The van der Waals surface area contributed by atoms with Gasteiger partial charge in [0.1, 0.15) is 0 Å². The lowest BCUT2D eigenvalue weighted by Gasteiger charge is -1.96. The molecule has 0 radical (unpaired) electrons. The number of rotatable bonds is 2. The Hall–Kier alpha value is -1.10. The van der Waals surface area contributed by atoms with Crippen molar-refractivity contribution in [1.82, 2.24) is 4.98 Å². The minimum atomic E-state index is -0.366. The molecule has 0 aromatic carbocycles. The lowest BCUT2D eigenvalue weighted by Crippen LogP contribution is -2.03. The smallest absolute Gasteiger partial charge is 0.309 e. The van der Waals surface area contributed by atoms with Gasteiger partial charge in [-0.1, -0.05) is 18.3 Å². The molecule has 0 aliphatic carbocycles. The second-order valence-corrected chi connectivity index (χ2v) is 3.34.